The molecule has 20 heavy (non-hydrogen) atoms. The second-order valence-corrected chi connectivity index (χ2v) is 5.85. The first-order chi connectivity index (χ1) is 9.72. The van der Waals surface area contributed by atoms with Gasteiger partial charge in [-0.1, -0.05) is 13.3 Å². The zero-order chi connectivity index (χ0) is 14.4. The summed E-state index contributed by atoms with van der Waals surface area (Å²) in [5.41, 5.74) is 0.795. The highest BCUT2D eigenvalue weighted by Crippen LogP contribution is 2.12. The topological polar surface area (TPSA) is 66.6 Å². The molecule has 1 atom stereocenters. The van der Waals surface area contributed by atoms with Gasteiger partial charge in [0.2, 0.25) is 5.91 Å². The van der Waals surface area contributed by atoms with Gasteiger partial charge in [-0.3, -0.25) is 9.20 Å². The van der Waals surface area contributed by atoms with Crippen molar-refractivity contribution in [2.45, 2.75) is 32.6 Å². The number of hydrogen-bond acceptors (Lipinski definition) is 4. The van der Waals surface area contributed by atoms with E-state index in [-0.39, 0.29) is 12.5 Å². The van der Waals surface area contributed by atoms with E-state index in [9.17, 15) is 4.79 Å². The summed E-state index contributed by atoms with van der Waals surface area (Å²) in [5.74, 6) is 0.356. The van der Waals surface area contributed by atoms with Gasteiger partial charge in [0.1, 0.15) is 0 Å². The second kappa shape index (κ2) is 7.40. The summed E-state index contributed by atoms with van der Waals surface area (Å²) in [6.07, 6.45) is 6.98. The lowest BCUT2D eigenvalue weighted by Crippen LogP contribution is -2.31. The van der Waals surface area contributed by atoms with Crippen LogP contribution in [-0.2, 0) is 11.2 Å². The van der Waals surface area contributed by atoms with Crippen molar-refractivity contribution >= 4 is 22.2 Å². The standard InChI is InChI=1S/C14H21N3O2S/c1-2-3-11(4-6-18)9-15-13(19)8-12-10-17-5-7-20-14(17)16-12/h5,7,10-11,18H,2-4,6,8-9H2,1H3,(H,15,19). The fourth-order valence-electron chi connectivity index (χ4n) is 2.29. The minimum Gasteiger partial charge on any atom is -0.396 e. The van der Waals surface area contributed by atoms with Crippen molar-refractivity contribution in [3.63, 3.8) is 0 Å². The molecule has 1 amide bonds. The van der Waals surface area contributed by atoms with Gasteiger partial charge in [-0.15, -0.1) is 11.3 Å². The van der Waals surface area contributed by atoms with Crippen molar-refractivity contribution in [2.24, 2.45) is 5.92 Å². The van der Waals surface area contributed by atoms with E-state index in [1.165, 1.54) is 0 Å². The van der Waals surface area contributed by atoms with Gasteiger partial charge in [-0.25, -0.2) is 4.98 Å². The van der Waals surface area contributed by atoms with Crippen LogP contribution in [0.5, 0.6) is 0 Å². The number of rotatable bonds is 8. The van der Waals surface area contributed by atoms with Crippen LogP contribution in [0.25, 0.3) is 4.96 Å². The Balaban J connectivity index is 1.81. The maximum absolute atomic E-state index is 11.9. The van der Waals surface area contributed by atoms with E-state index in [1.807, 2.05) is 22.2 Å². The number of fused-ring (bicyclic) bond motifs is 1. The smallest absolute Gasteiger partial charge is 0.226 e. The lowest BCUT2D eigenvalue weighted by atomic mass is 10.0. The zero-order valence-corrected chi connectivity index (χ0v) is 12.5. The van der Waals surface area contributed by atoms with Crippen molar-refractivity contribution in [3.05, 3.63) is 23.5 Å². The molecule has 0 aliphatic rings. The van der Waals surface area contributed by atoms with E-state index in [0.29, 0.717) is 18.9 Å². The van der Waals surface area contributed by atoms with Gasteiger partial charge in [-0.2, -0.15) is 0 Å². The first-order valence-corrected chi connectivity index (χ1v) is 7.89. The number of thiazole rings is 1. The van der Waals surface area contributed by atoms with Gasteiger partial charge < -0.3 is 10.4 Å². The summed E-state index contributed by atoms with van der Waals surface area (Å²) < 4.78 is 1.93. The van der Waals surface area contributed by atoms with E-state index in [4.69, 9.17) is 5.11 Å². The Labute approximate surface area is 122 Å². The van der Waals surface area contributed by atoms with Crippen LogP contribution in [0.3, 0.4) is 0 Å². The molecule has 0 radical (unpaired) electrons. The number of hydrogen-bond donors (Lipinski definition) is 2. The number of imidazole rings is 1. The first kappa shape index (κ1) is 15.0. The SMILES string of the molecule is CCCC(CCO)CNC(=O)Cc1cn2ccsc2n1. The number of carbonyl (C=O) groups excluding carboxylic acids is 1. The third kappa shape index (κ3) is 4.05. The molecule has 2 aromatic rings. The van der Waals surface area contributed by atoms with Crippen LogP contribution in [0.1, 0.15) is 31.9 Å². The largest absolute Gasteiger partial charge is 0.396 e. The van der Waals surface area contributed by atoms with Crippen molar-refractivity contribution in [1.29, 1.82) is 0 Å². The van der Waals surface area contributed by atoms with Crippen molar-refractivity contribution < 1.29 is 9.90 Å². The molecule has 2 heterocycles. The Bertz CT molecular complexity index is 515. The predicted molar refractivity (Wildman–Crippen MR) is 79.9 cm³/mol. The third-order valence-corrected chi connectivity index (χ3v) is 4.08. The quantitative estimate of drug-likeness (QED) is 0.781. The number of aliphatic hydroxyl groups excluding tert-OH is 1. The fraction of sp³-hybridized carbons (Fsp3) is 0.571. The summed E-state index contributed by atoms with van der Waals surface area (Å²) in [6, 6.07) is 0. The summed E-state index contributed by atoms with van der Waals surface area (Å²) >= 11 is 1.56. The molecule has 6 heteroatoms. The molecule has 2 aromatic heterocycles. The minimum absolute atomic E-state index is 0.00482. The van der Waals surface area contributed by atoms with Crippen LogP contribution >= 0.6 is 11.3 Å². The highest BCUT2D eigenvalue weighted by molar-refractivity contribution is 7.15. The molecule has 0 spiro atoms. The lowest BCUT2D eigenvalue weighted by molar-refractivity contribution is -0.120. The van der Waals surface area contributed by atoms with Crippen LogP contribution < -0.4 is 5.32 Å². The number of nitrogens with one attached hydrogen (secondary N) is 1. The van der Waals surface area contributed by atoms with Crippen LogP contribution in [-0.4, -0.2) is 33.6 Å². The third-order valence-electron chi connectivity index (χ3n) is 3.31. The van der Waals surface area contributed by atoms with Crippen LogP contribution in [0, 0.1) is 5.92 Å². The van der Waals surface area contributed by atoms with Gasteiger partial charge in [0, 0.05) is 30.9 Å². The maximum Gasteiger partial charge on any atom is 0.226 e. The average molecular weight is 295 g/mol. The van der Waals surface area contributed by atoms with Gasteiger partial charge in [0.05, 0.1) is 12.1 Å². The first-order valence-electron chi connectivity index (χ1n) is 7.01. The number of amides is 1. The molecule has 2 N–H and O–H groups in total. The van der Waals surface area contributed by atoms with Crippen LogP contribution in [0.15, 0.2) is 17.8 Å². The van der Waals surface area contributed by atoms with Gasteiger partial charge >= 0.3 is 0 Å². The van der Waals surface area contributed by atoms with Gasteiger partial charge in [0.15, 0.2) is 4.96 Å². The second-order valence-electron chi connectivity index (χ2n) is 4.97. The molecular formula is C14H21N3O2S. The molecule has 110 valence electrons. The van der Waals surface area contributed by atoms with Crippen LogP contribution in [0.2, 0.25) is 0 Å². The minimum atomic E-state index is -0.00482. The molecule has 5 nitrogen and oxygen atoms in total. The summed E-state index contributed by atoms with van der Waals surface area (Å²) in [5, 5.41) is 13.9. The van der Waals surface area contributed by atoms with E-state index in [0.717, 1.165) is 29.9 Å². The monoisotopic (exact) mass is 295 g/mol. The van der Waals surface area contributed by atoms with Crippen molar-refractivity contribution in [1.82, 2.24) is 14.7 Å². The molecule has 0 bridgehead atoms. The molecule has 1 unspecified atom stereocenters. The molecular weight excluding hydrogens is 274 g/mol. The number of aliphatic hydroxyl groups is 1. The van der Waals surface area contributed by atoms with E-state index >= 15 is 0 Å². The van der Waals surface area contributed by atoms with E-state index in [2.05, 4.69) is 17.2 Å². The van der Waals surface area contributed by atoms with Crippen molar-refractivity contribution in [2.75, 3.05) is 13.2 Å². The molecule has 0 fully saturated rings. The molecule has 0 aliphatic carbocycles. The van der Waals surface area contributed by atoms with E-state index < -0.39 is 0 Å². The normalized spacial score (nSPS) is 12.7. The Morgan fingerprint density at radius 1 is 1.55 bits per heavy atom. The predicted octanol–water partition coefficient (Wildman–Crippen LogP) is 1.85. The zero-order valence-electron chi connectivity index (χ0n) is 11.7. The number of aromatic nitrogens is 2. The van der Waals surface area contributed by atoms with E-state index in [1.54, 1.807) is 11.3 Å². The molecule has 0 saturated heterocycles. The lowest BCUT2D eigenvalue weighted by Gasteiger charge is -2.15. The Morgan fingerprint density at radius 2 is 2.40 bits per heavy atom. The highest BCUT2D eigenvalue weighted by Gasteiger charge is 2.11. The molecule has 0 aromatic carbocycles. The molecule has 0 saturated carbocycles. The highest BCUT2D eigenvalue weighted by atomic mass is 32.1. The van der Waals surface area contributed by atoms with Gasteiger partial charge in [-0.05, 0) is 18.8 Å². The fourth-order valence-corrected chi connectivity index (χ4v) is 3.00. The molecule has 0 aliphatic heterocycles. The van der Waals surface area contributed by atoms with Gasteiger partial charge in [0.25, 0.3) is 0 Å². The summed E-state index contributed by atoms with van der Waals surface area (Å²) in [4.78, 5) is 17.2. The summed E-state index contributed by atoms with van der Waals surface area (Å²) in [7, 11) is 0. The number of nitrogens with zero attached hydrogens (tertiary/aromatic N) is 2. The Hall–Kier alpha value is -1.40. The Kier molecular flexibility index (Phi) is 5.55. The van der Waals surface area contributed by atoms with Crippen LogP contribution in [0.4, 0.5) is 0 Å². The average Bonchev–Trinajstić information content (AvgIpc) is 2.97. The maximum atomic E-state index is 11.9. The summed E-state index contributed by atoms with van der Waals surface area (Å²) in [6.45, 7) is 2.93. The van der Waals surface area contributed by atoms with Crippen molar-refractivity contribution in [3.8, 4) is 0 Å². The Morgan fingerprint density at radius 3 is 3.10 bits per heavy atom. The molecule has 2 rings (SSSR count). The number of carbonyl (C=O) groups is 1.